The van der Waals surface area contributed by atoms with E-state index in [-0.39, 0.29) is 11.8 Å². The van der Waals surface area contributed by atoms with Crippen molar-refractivity contribution in [1.82, 2.24) is 15.2 Å². The van der Waals surface area contributed by atoms with E-state index >= 15 is 0 Å². The smallest absolute Gasteiger partial charge is 0.252 e. The number of thiophene rings is 1. The van der Waals surface area contributed by atoms with Crippen LogP contribution in [0.5, 0.6) is 0 Å². The molecule has 2 aromatic heterocycles. The van der Waals surface area contributed by atoms with E-state index in [1.54, 1.807) is 11.8 Å². The molecule has 0 fully saturated rings. The zero-order chi connectivity index (χ0) is 17.8. The van der Waals surface area contributed by atoms with Crippen LogP contribution in [0.2, 0.25) is 0 Å². The molecule has 0 unspecified atom stereocenters. The molecule has 7 heteroatoms. The number of thioether (sulfide) groups is 1. The number of aromatic nitrogens is 1. The summed E-state index contributed by atoms with van der Waals surface area (Å²) in [5.41, 5.74) is 5.03. The average Bonchev–Trinajstić information content (AvgIpc) is 3.15. The molecule has 0 atom stereocenters. The number of pyridine rings is 1. The van der Waals surface area contributed by atoms with Crippen LogP contribution in [0.4, 0.5) is 0 Å². The van der Waals surface area contributed by atoms with E-state index in [9.17, 15) is 9.59 Å². The summed E-state index contributed by atoms with van der Waals surface area (Å²) in [6.45, 7) is 3.77. The number of carbonyl (C=O) groups excluding carboxylic acids is 2. The van der Waals surface area contributed by atoms with Crippen molar-refractivity contribution in [2.45, 2.75) is 26.4 Å². The normalized spacial score (nSPS) is 13.4. The van der Waals surface area contributed by atoms with Crippen LogP contribution in [-0.2, 0) is 24.3 Å². The number of hydrogen-bond donors (Lipinski definition) is 1. The summed E-state index contributed by atoms with van der Waals surface area (Å²) in [6, 6.07) is 1.82. The van der Waals surface area contributed by atoms with Crippen LogP contribution in [0.25, 0.3) is 0 Å². The molecular formula is C18H21N3O2S2. The van der Waals surface area contributed by atoms with Gasteiger partial charge in [0.1, 0.15) is 0 Å². The predicted molar refractivity (Wildman–Crippen MR) is 102 cm³/mol. The fourth-order valence-electron chi connectivity index (χ4n) is 3.05. The number of hydrogen-bond acceptors (Lipinski definition) is 5. The van der Waals surface area contributed by atoms with E-state index in [0.29, 0.717) is 24.4 Å². The molecule has 3 heterocycles. The van der Waals surface area contributed by atoms with Crippen molar-refractivity contribution in [3.63, 3.8) is 0 Å². The van der Waals surface area contributed by atoms with Gasteiger partial charge in [-0.05, 0) is 47.7 Å². The Labute approximate surface area is 155 Å². The Morgan fingerprint density at radius 1 is 1.44 bits per heavy atom. The Balaban J connectivity index is 1.74. The number of nitrogens with zero attached hydrogens (tertiary/aromatic N) is 2. The molecule has 0 aromatic carbocycles. The highest BCUT2D eigenvalue weighted by Gasteiger charge is 2.23. The average molecular weight is 376 g/mol. The monoisotopic (exact) mass is 375 g/mol. The van der Waals surface area contributed by atoms with Crippen LogP contribution in [0.3, 0.4) is 0 Å². The van der Waals surface area contributed by atoms with E-state index < -0.39 is 0 Å². The third-order valence-electron chi connectivity index (χ3n) is 4.43. The molecule has 3 rings (SSSR count). The molecule has 0 saturated carbocycles. The van der Waals surface area contributed by atoms with Gasteiger partial charge in [0.05, 0.1) is 5.75 Å². The van der Waals surface area contributed by atoms with Crippen LogP contribution >= 0.6 is 23.1 Å². The van der Waals surface area contributed by atoms with E-state index in [2.05, 4.69) is 10.3 Å². The van der Waals surface area contributed by atoms with Crippen LogP contribution in [0.1, 0.15) is 32.7 Å². The minimum Gasteiger partial charge on any atom is -0.348 e. The molecule has 2 amide bonds. The maximum Gasteiger partial charge on any atom is 0.252 e. The summed E-state index contributed by atoms with van der Waals surface area (Å²) in [4.78, 5) is 30.7. The van der Waals surface area contributed by atoms with Crippen molar-refractivity contribution < 1.29 is 9.59 Å². The molecule has 25 heavy (non-hydrogen) atoms. The molecule has 1 aliphatic rings. The lowest BCUT2D eigenvalue weighted by Gasteiger charge is -2.30. The maximum absolute atomic E-state index is 12.2. The van der Waals surface area contributed by atoms with Gasteiger partial charge >= 0.3 is 0 Å². The Morgan fingerprint density at radius 3 is 3.00 bits per heavy atom. The Kier molecular flexibility index (Phi) is 5.75. The first kappa shape index (κ1) is 17.9. The molecule has 0 radical (unpaired) electrons. The van der Waals surface area contributed by atoms with Crippen molar-refractivity contribution in [1.29, 1.82) is 0 Å². The molecule has 0 saturated heterocycles. The Morgan fingerprint density at radius 2 is 2.28 bits per heavy atom. The SMILES string of the molecule is CSCC(=O)N1CCc2c(cnc(C)c2CNC(=O)c2ccsc2)C1. The fraction of sp³-hybridized carbons (Fsp3) is 0.389. The van der Waals surface area contributed by atoms with Crippen LogP contribution in [0, 0.1) is 6.92 Å². The predicted octanol–water partition coefficient (Wildman–Crippen LogP) is 2.63. The van der Waals surface area contributed by atoms with Gasteiger partial charge < -0.3 is 10.2 Å². The second-order valence-electron chi connectivity index (χ2n) is 6.02. The van der Waals surface area contributed by atoms with E-state index in [0.717, 1.165) is 29.8 Å². The topological polar surface area (TPSA) is 62.3 Å². The third-order valence-corrected chi connectivity index (χ3v) is 5.64. The van der Waals surface area contributed by atoms with E-state index in [1.165, 1.54) is 16.9 Å². The summed E-state index contributed by atoms with van der Waals surface area (Å²) >= 11 is 3.06. The lowest BCUT2D eigenvalue weighted by molar-refractivity contribution is -0.129. The van der Waals surface area contributed by atoms with Gasteiger partial charge in [-0.15, -0.1) is 0 Å². The first-order valence-corrected chi connectivity index (χ1v) is 10.5. The lowest BCUT2D eigenvalue weighted by atomic mass is 9.95. The number of amides is 2. The molecular weight excluding hydrogens is 354 g/mol. The standard InChI is InChI=1S/C18H21N3O2S2/c1-12-16(8-20-18(23)13-4-6-25-10-13)15-3-5-21(17(22)11-24-2)9-14(15)7-19-12/h4,6-7,10H,3,5,8-9,11H2,1-2H3,(H,20,23). The summed E-state index contributed by atoms with van der Waals surface area (Å²) in [5.74, 6) is 0.620. The summed E-state index contributed by atoms with van der Waals surface area (Å²) < 4.78 is 0. The molecule has 132 valence electrons. The third kappa shape index (κ3) is 4.04. The highest BCUT2D eigenvalue weighted by Crippen LogP contribution is 2.24. The highest BCUT2D eigenvalue weighted by atomic mass is 32.2. The first-order valence-electron chi connectivity index (χ1n) is 8.13. The first-order chi connectivity index (χ1) is 12.1. The van der Waals surface area contributed by atoms with E-state index in [1.807, 2.05) is 41.1 Å². The number of aryl methyl sites for hydroxylation is 1. The zero-order valence-electron chi connectivity index (χ0n) is 14.4. The number of fused-ring (bicyclic) bond motifs is 1. The van der Waals surface area contributed by atoms with Gasteiger partial charge in [-0.3, -0.25) is 14.6 Å². The molecule has 0 spiro atoms. The second kappa shape index (κ2) is 8.01. The Bertz CT molecular complexity index is 775. The van der Waals surface area contributed by atoms with Gasteiger partial charge in [0, 0.05) is 42.5 Å². The zero-order valence-corrected chi connectivity index (χ0v) is 16.0. The summed E-state index contributed by atoms with van der Waals surface area (Å²) in [6.07, 6.45) is 4.62. The second-order valence-corrected chi connectivity index (χ2v) is 7.67. The van der Waals surface area contributed by atoms with Crippen molar-refractivity contribution in [2.24, 2.45) is 0 Å². The van der Waals surface area contributed by atoms with Gasteiger partial charge in [-0.2, -0.15) is 23.1 Å². The largest absolute Gasteiger partial charge is 0.348 e. The van der Waals surface area contributed by atoms with Gasteiger partial charge in [-0.1, -0.05) is 0 Å². The van der Waals surface area contributed by atoms with Crippen LogP contribution in [-0.4, -0.2) is 40.3 Å². The van der Waals surface area contributed by atoms with Gasteiger partial charge in [-0.25, -0.2) is 0 Å². The number of carbonyl (C=O) groups is 2. The van der Waals surface area contributed by atoms with Crippen molar-refractivity contribution in [2.75, 3.05) is 18.6 Å². The minimum atomic E-state index is -0.0640. The number of nitrogens with one attached hydrogen (secondary N) is 1. The molecule has 1 aliphatic heterocycles. The quantitative estimate of drug-likeness (QED) is 0.873. The lowest BCUT2D eigenvalue weighted by Crippen LogP contribution is -2.38. The molecule has 0 bridgehead atoms. The fourth-order valence-corrected chi connectivity index (χ4v) is 4.11. The molecule has 0 aliphatic carbocycles. The van der Waals surface area contributed by atoms with Crippen molar-refractivity contribution in [3.05, 3.63) is 51.0 Å². The summed E-state index contributed by atoms with van der Waals surface area (Å²) in [5, 5.41) is 6.73. The maximum atomic E-state index is 12.2. The van der Waals surface area contributed by atoms with Gasteiger partial charge in [0.2, 0.25) is 5.91 Å². The summed E-state index contributed by atoms with van der Waals surface area (Å²) in [7, 11) is 0. The molecule has 1 N–H and O–H groups in total. The van der Waals surface area contributed by atoms with Crippen molar-refractivity contribution >= 4 is 34.9 Å². The van der Waals surface area contributed by atoms with Gasteiger partial charge in [0.15, 0.2) is 0 Å². The molecule has 5 nitrogen and oxygen atoms in total. The molecule has 2 aromatic rings. The van der Waals surface area contributed by atoms with Crippen LogP contribution < -0.4 is 5.32 Å². The highest BCUT2D eigenvalue weighted by molar-refractivity contribution is 7.99. The van der Waals surface area contributed by atoms with E-state index in [4.69, 9.17) is 0 Å². The number of rotatable bonds is 5. The Hall–Kier alpha value is -1.86. The minimum absolute atomic E-state index is 0.0640. The van der Waals surface area contributed by atoms with Crippen LogP contribution in [0.15, 0.2) is 23.0 Å². The van der Waals surface area contributed by atoms with Gasteiger partial charge in [0.25, 0.3) is 5.91 Å². The van der Waals surface area contributed by atoms with Crippen molar-refractivity contribution in [3.8, 4) is 0 Å².